The van der Waals surface area contributed by atoms with Gasteiger partial charge in [-0.2, -0.15) is 5.10 Å². The molecule has 0 bridgehead atoms. The lowest BCUT2D eigenvalue weighted by atomic mass is 10.1. The highest BCUT2D eigenvalue weighted by Gasteiger charge is 2.18. The normalized spacial score (nSPS) is 11.3. The predicted molar refractivity (Wildman–Crippen MR) is 68.9 cm³/mol. The van der Waals surface area contributed by atoms with Crippen molar-refractivity contribution in [2.45, 2.75) is 0 Å². The Labute approximate surface area is 113 Å². The third-order valence-corrected chi connectivity index (χ3v) is 2.47. The van der Waals surface area contributed by atoms with Crippen LogP contribution in [0.4, 0.5) is 5.69 Å². The van der Waals surface area contributed by atoms with Crippen LogP contribution < -0.4 is 10.5 Å². The highest BCUT2D eigenvalue weighted by atomic mass is 16.6. The number of hydrogen-bond donors (Lipinski definition) is 2. The summed E-state index contributed by atoms with van der Waals surface area (Å²) in [5, 5.41) is 26.3. The van der Waals surface area contributed by atoms with Gasteiger partial charge in [0, 0.05) is 18.7 Å². The zero-order valence-corrected chi connectivity index (χ0v) is 10.4. The van der Waals surface area contributed by atoms with Crippen molar-refractivity contribution >= 4 is 11.5 Å². The van der Waals surface area contributed by atoms with E-state index in [2.05, 4.69) is 10.3 Å². The summed E-state index contributed by atoms with van der Waals surface area (Å²) in [4.78, 5) is 10.4. The highest BCUT2D eigenvalue weighted by Crippen LogP contribution is 2.31. The van der Waals surface area contributed by atoms with Crippen LogP contribution in [-0.2, 0) is 7.05 Å². The van der Waals surface area contributed by atoms with Crippen molar-refractivity contribution in [2.24, 2.45) is 17.9 Å². The molecule has 0 atom stereocenters. The van der Waals surface area contributed by atoms with Crippen LogP contribution in [0.15, 0.2) is 35.7 Å². The zero-order valence-electron chi connectivity index (χ0n) is 10.4. The van der Waals surface area contributed by atoms with Crippen molar-refractivity contribution in [1.82, 2.24) is 9.78 Å². The van der Waals surface area contributed by atoms with E-state index in [0.29, 0.717) is 5.75 Å². The Morgan fingerprint density at radius 3 is 2.90 bits per heavy atom. The van der Waals surface area contributed by atoms with Gasteiger partial charge in [0.2, 0.25) is 5.75 Å². The van der Waals surface area contributed by atoms with Gasteiger partial charge in [-0.1, -0.05) is 5.16 Å². The molecule has 1 aromatic heterocycles. The van der Waals surface area contributed by atoms with E-state index in [-0.39, 0.29) is 22.8 Å². The van der Waals surface area contributed by atoms with Gasteiger partial charge in [0.15, 0.2) is 11.6 Å². The maximum absolute atomic E-state index is 11.0. The molecule has 9 nitrogen and oxygen atoms in total. The molecule has 1 heterocycles. The molecule has 1 aromatic carbocycles. The number of rotatable bonds is 4. The van der Waals surface area contributed by atoms with Gasteiger partial charge in [-0.25, -0.2) is 0 Å². The number of oxime groups is 1. The Bertz CT molecular complexity index is 679. The molecular weight excluding hydrogens is 266 g/mol. The van der Waals surface area contributed by atoms with Crippen LogP contribution in [0.1, 0.15) is 5.56 Å². The van der Waals surface area contributed by atoms with Crippen LogP contribution >= 0.6 is 0 Å². The first kappa shape index (κ1) is 13.3. The summed E-state index contributed by atoms with van der Waals surface area (Å²) in [6, 6.07) is 3.99. The molecule has 3 N–H and O–H groups in total. The summed E-state index contributed by atoms with van der Waals surface area (Å²) in [5.41, 5.74) is 5.32. The Morgan fingerprint density at radius 1 is 1.60 bits per heavy atom. The summed E-state index contributed by atoms with van der Waals surface area (Å²) >= 11 is 0. The van der Waals surface area contributed by atoms with Crippen LogP contribution in [0.5, 0.6) is 11.5 Å². The molecule has 0 saturated carbocycles. The molecule has 0 amide bonds. The maximum Gasteiger partial charge on any atom is 0.312 e. The predicted octanol–water partition coefficient (Wildman–Crippen LogP) is 1.22. The van der Waals surface area contributed by atoms with E-state index in [1.165, 1.54) is 29.1 Å². The molecule has 20 heavy (non-hydrogen) atoms. The summed E-state index contributed by atoms with van der Waals surface area (Å²) in [6.45, 7) is 0. The first-order valence-electron chi connectivity index (χ1n) is 5.44. The molecule has 0 aliphatic carbocycles. The van der Waals surface area contributed by atoms with Gasteiger partial charge >= 0.3 is 5.69 Å². The standard InChI is InChI=1S/C11H11N5O4/c1-15-6-8(5-13-15)20-10-3-2-7(11(12)14-17)4-9(10)16(18)19/h2-6,17H,1H3,(H2,12,14). The molecule has 2 rings (SSSR count). The summed E-state index contributed by atoms with van der Waals surface area (Å²) in [5.74, 6) is 0.186. The molecule has 0 aliphatic rings. The average molecular weight is 277 g/mol. The molecule has 0 spiro atoms. The highest BCUT2D eigenvalue weighted by molar-refractivity contribution is 5.97. The number of hydrogen-bond acceptors (Lipinski definition) is 6. The molecule has 104 valence electrons. The first-order chi connectivity index (χ1) is 9.51. The fraction of sp³-hybridized carbons (Fsp3) is 0.0909. The number of ether oxygens (including phenoxy) is 1. The monoisotopic (exact) mass is 277 g/mol. The number of benzene rings is 1. The molecule has 2 aromatic rings. The molecule has 9 heteroatoms. The van der Waals surface area contributed by atoms with E-state index in [9.17, 15) is 10.1 Å². The molecule has 0 radical (unpaired) electrons. The van der Waals surface area contributed by atoms with Crippen LogP contribution in [-0.4, -0.2) is 25.7 Å². The largest absolute Gasteiger partial charge is 0.447 e. The topological polar surface area (TPSA) is 129 Å². The SMILES string of the molecule is Cn1cc(Oc2ccc(/C(N)=N/O)cc2[N+](=O)[O-])cn1. The van der Waals surface area contributed by atoms with Gasteiger partial charge in [0.05, 0.1) is 17.3 Å². The average Bonchev–Trinajstić information content (AvgIpc) is 2.83. The van der Waals surface area contributed by atoms with Gasteiger partial charge in [-0.05, 0) is 12.1 Å². The number of amidine groups is 1. The van der Waals surface area contributed by atoms with Gasteiger partial charge in [-0.3, -0.25) is 14.8 Å². The van der Waals surface area contributed by atoms with E-state index in [1.54, 1.807) is 13.2 Å². The van der Waals surface area contributed by atoms with Crippen molar-refractivity contribution in [1.29, 1.82) is 0 Å². The Hall–Kier alpha value is -3.10. The van der Waals surface area contributed by atoms with Crippen molar-refractivity contribution in [3.05, 3.63) is 46.3 Å². The molecular formula is C11H11N5O4. The lowest BCUT2D eigenvalue weighted by Crippen LogP contribution is -2.13. The van der Waals surface area contributed by atoms with E-state index in [0.717, 1.165) is 0 Å². The minimum atomic E-state index is -0.611. The van der Waals surface area contributed by atoms with Crippen LogP contribution in [0, 0.1) is 10.1 Å². The number of aromatic nitrogens is 2. The van der Waals surface area contributed by atoms with Crippen molar-refractivity contribution in [3.63, 3.8) is 0 Å². The van der Waals surface area contributed by atoms with Gasteiger partial charge in [0.25, 0.3) is 0 Å². The number of nitro groups is 1. The van der Waals surface area contributed by atoms with Crippen LogP contribution in [0.3, 0.4) is 0 Å². The third kappa shape index (κ3) is 2.66. The van der Waals surface area contributed by atoms with Gasteiger partial charge in [0.1, 0.15) is 0 Å². The minimum absolute atomic E-state index is 0.0393. The lowest BCUT2D eigenvalue weighted by molar-refractivity contribution is -0.385. The van der Waals surface area contributed by atoms with Gasteiger partial charge < -0.3 is 15.7 Å². The second-order valence-corrected chi connectivity index (χ2v) is 3.88. The van der Waals surface area contributed by atoms with Crippen molar-refractivity contribution in [3.8, 4) is 11.5 Å². The zero-order chi connectivity index (χ0) is 14.7. The smallest absolute Gasteiger partial charge is 0.312 e. The van der Waals surface area contributed by atoms with Crippen molar-refractivity contribution < 1.29 is 14.9 Å². The molecule has 0 unspecified atom stereocenters. The molecule has 0 aliphatic heterocycles. The summed E-state index contributed by atoms with van der Waals surface area (Å²) in [7, 11) is 1.70. The number of aryl methyl sites for hydroxylation is 1. The van der Waals surface area contributed by atoms with Crippen LogP contribution in [0.2, 0.25) is 0 Å². The minimum Gasteiger partial charge on any atom is -0.447 e. The quantitative estimate of drug-likeness (QED) is 0.284. The first-order valence-corrected chi connectivity index (χ1v) is 5.44. The summed E-state index contributed by atoms with van der Waals surface area (Å²) in [6.07, 6.45) is 3.00. The van der Waals surface area contributed by atoms with E-state index in [1.807, 2.05) is 0 Å². The second-order valence-electron chi connectivity index (χ2n) is 3.88. The van der Waals surface area contributed by atoms with E-state index >= 15 is 0 Å². The maximum atomic E-state index is 11.0. The van der Waals surface area contributed by atoms with E-state index < -0.39 is 4.92 Å². The molecule has 0 saturated heterocycles. The lowest BCUT2D eigenvalue weighted by Gasteiger charge is -2.05. The number of nitrogens with zero attached hydrogens (tertiary/aromatic N) is 4. The van der Waals surface area contributed by atoms with Crippen molar-refractivity contribution in [2.75, 3.05) is 0 Å². The fourth-order valence-corrected chi connectivity index (χ4v) is 1.54. The fourth-order valence-electron chi connectivity index (χ4n) is 1.54. The number of nitro benzene ring substituents is 1. The van der Waals surface area contributed by atoms with E-state index in [4.69, 9.17) is 15.7 Å². The Kier molecular flexibility index (Phi) is 3.51. The Morgan fingerprint density at radius 2 is 2.35 bits per heavy atom. The molecule has 0 fully saturated rings. The Balaban J connectivity index is 2.40. The third-order valence-electron chi connectivity index (χ3n) is 2.47. The number of nitrogens with two attached hydrogens (primary N) is 1. The van der Waals surface area contributed by atoms with Gasteiger partial charge in [-0.15, -0.1) is 0 Å². The summed E-state index contributed by atoms with van der Waals surface area (Å²) < 4.78 is 6.90. The second kappa shape index (κ2) is 5.26. The van der Waals surface area contributed by atoms with Crippen LogP contribution in [0.25, 0.3) is 0 Å².